The van der Waals surface area contributed by atoms with E-state index in [-0.39, 0.29) is 11.2 Å². The van der Waals surface area contributed by atoms with Gasteiger partial charge in [0.2, 0.25) is 0 Å². The molecular formula is C24H18IN3O3. The molecule has 0 amide bonds. The first-order valence-electron chi connectivity index (χ1n) is 9.56. The van der Waals surface area contributed by atoms with Gasteiger partial charge in [-0.05, 0) is 90.0 Å². The van der Waals surface area contributed by atoms with Crippen molar-refractivity contribution in [2.75, 3.05) is 0 Å². The van der Waals surface area contributed by atoms with Crippen LogP contribution in [0.5, 0.6) is 0 Å². The van der Waals surface area contributed by atoms with Gasteiger partial charge in [0, 0.05) is 15.7 Å². The number of halogens is 1. The zero-order valence-corrected chi connectivity index (χ0v) is 19.0. The summed E-state index contributed by atoms with van der Waals surface area (Å²) < 4.78 is 2.58. The molecule has 0 bridgehead atoms. The second-order valence-electron chi connectivity index (χ2n) is 7.24. The minimum absolute atomic E-state index is 0.0303. The highest BCUT2D eigenvalue weighted by molar-refractivity contribution is 14.1. The van der Waals surface area contributed by atoms with Crippen molar-refractivity contribution in [3.63, 3.8) is 0 Å². The number of hydrogen-bond acceptors (Lipinski definition) is 4. The van der Waals surface area contributed by atoms with Crippen LogP contribution in [0.4, 0.5) is 5.69 Å². The molecule has 0 aliphatic rings. The molecule has 1 aromatic heterocycles. The van der Waals surface area contributed by atoms with Gasteiger partial charge in [-0.15, -0.1) is 0 Å². The molecule has 1 heterocycles. The largest absolute Gasteiger partial charge is 0.269 e. The summed E-state index contributed by atoms with van der Waals surface area (Å²) in [5.74, 6) is 0.490. The molecule has 0 radical (unpaired) electrons. The molecular weight excluding hydrogens is 505 g/mol. The van der Waals surface area contributed by atoms with Gasteiger partial charge < -0.3 is 0 Å². The van der Waals surface area contributed by atoms with Gasteiger partial charge in [0.25, 0.3) is 11.2 Å². The van der Waals surface area contributed by atoms with Crippen LogP contribution in [0.3, 0.4) is 0 Å². The lowest BCUT2D eigenvalue weighted by Crippen LogP contribution is -2.23. The van der Waals surface area contributed by atoms with Crippen LogP contribution >= 0.6 is 22.6 Å². The van der Waals surface area contributed by atoms with Crippen molar-refractivity contribution in [3.8, 4) is 5.69 Å². The Morgan fingerprint density at radius 2 is 1.74 bits per heavy atom. The molecule has 0 saturated carbocycles. The smallest absolute Gasteiger partial charge is 0.268 e. The van der Waals surface area contributed by atoms with E-state index in [1.165, 1.54) is 12.1 Å². The normalized spacial score (nSPS) is 11.3. The molecule has 0 N–H and O–H groups in total. The second-order valence-corrected chi connectivity index (χ2v) is 8.49. The van der Waals surface area contributed by atoms with E-state index in [0.29, 0.717) is 16.7 Å². The summed E-state index contributed by atoms with van der Waals surface area (Å²) in [6.07, 6.45) is 3.56. The van der Waals surface area contributed by atoms with E-state index in [0.717, 1.165) is 25.9 Å². The van der Waals surface area contributed by atoms with E-state index in [1.807, 2.05) is 50.2 Å². The number of aryl methyl sites for hydroxylation is 2. The van der Waals surface area contributed by atoms with E-state index >= 15 is 0 Å². The van der Waals surface area contributed by atoms with Crippen molar-refractivity contribution < 1.29 is 4.92 Å². The lowest BCUT2D eigenvalue weighted by atomic mass is 10.1. The van der Waals surface area contributed by atoms with Crippen molar-refractivity contribution in [2.45, 2.75) is 13.8 Å². The molecule has 0 saturated heterocycles. The summed E-state index contributed by atoms with van der Waals surface area (Å²) in [5, 5.41) is 11.4. The minimum atomic E-state index is -0.433. The van der Waals surface area contributed by atoms with Gasteiger partial charge in [0.05, 0.1) is 21.5 Å². The van der Waals surface area contributed by atoms with E-state index in [1.54, 1.807) is 28.9 Å². The van der Waals surface area contributed by atoms with Crippen LogP contribution in [0.2, 0.25) is 0 Å². The predicted molar refractivity (Wildman–Crippen MR) is 132 cm³/mol. The molecule has 4 rings (SSSR count). The maximum absolute atomic E-state index is 13.5. The van der Waals surface area contributed by atoms with Crippen LogP contribution in [-0.2, 0) is 0 Å². The number of aromatic nitrogens is 2. The third kappa shape index (κ3) is 4.27. The SMILES string of the molecule is Cc1ccc(-n2c(C=Cc3ccc([N+](=O)[O-])cc3)nc3ccc(I)cc3c2=O)c(C)c1. The van der Waals surface area contributed by atoms with Gasteiger partial charge in [-0.25, -0.2) is 4.98 Å². The number of rotatable bonds is 4. The van der Waals surface area contributed by atoms with Crippen LogP contribution in [0.1, 0.15) is 22.5 Å². The molecule has 154 valence electrons. The highest BCUT2D eigenvalue weighted by atomic mass is 127. The second kappa shape index (κ2) is 8.43. The number of nitrogens with zero attached hydrogens (tertiary/aromatic N) is 3. The van der Waals surface area contributed by atoms with Gasteiger partial charge in [-0.3, -0.25) is 19.5 Å². The first-order valence-corrected chi connectivity index (χ1v) is 10.6. The summed E-state index contributed by atoms with van der Waals surface area (Å²) in [6, 6.07) is 17.8. The molecule has 0 unspecified atom stereocenters. The van der Waals surface area contributed by atoms with E-state index < -0.39 is 4.92 Å². The van der Waals surface area contributed by atoms with Gasteiger partial charge in [-0.2, -0.15) is 0 Å². The van der Waals surface area contributed by atoms with Crippen LogP contribution < -0.4 is 5.56 Å². The Bertz CT molecular complexity index is 1410. The minimum Gasteiger partial charge on any atom is -0.268 e. The van der Waals surface area contributed by atoms with Gasteiger partial charge >= 0.3 is 0 Å². The van der Waals surface area contributed by atoms with Gasteiger partial charge in [-0.1, -0.05) is 23.8 Å². The number of benzene rings is 3. The van der Waals surface area contributed by atoms with E-state index in [4.69, 9.17) is 4.98 Å². The molecule has 4 aromatic rings. The fourth-order valence-electron chi connectivity index (χ4n) is 3.45. The lowest BCUT2D eigenvalue weighted by Gasteiger charge is -2.14. The van der Waals surface area contributed by atoms with Crippen molar-refractivity contribution in [2.24, 2.45) is 0 Å². The van der Waals surface area contributed by atoms with Crippen molar-refractivity contribution in [1.82, 2.24) is 9.55 Å². The number of nitro benzene ring substituents is 1. The summed E-state index contributed by atoms with van der Waals surface area (Å²) in [4.78, 5) is 28.7. The topological polar surface area (TPSA) is 78.0 Å². The van der Waals surface area contributed by atoms with Crippen LogP contribution in [0.25, 0.3) is 28.7 Å². The van der Waals surface area contributed by atoms with Crippen molar-refractivity contribution in [3.05, 3.63) is 107 Å². The molecule has 3 aromatic carbocycles. The summed E-state index contributed by atoms with van der Waals surface area (Å²) in [7, 11) is 0. The molecule has 6 nitrogen and oxygen atoms in total. The zero-order valence-electron chi connectivity index (χ0n) is 16.9. The van der Waals surface area contributed by atoms with E-state index in [2.05, 4.69) is 22.6 Å². The van der Waals surface area contributed by atoms with Crippen molar-refractivity contribution in [1.29, 1.82) is 0 Å². The summed E-state index contributed by atoms with van der Waals surface area (Å²) in [5.41, 5.74) is 4.14. The molecule has 31 heavy (non-hydrogen) atoms. The van der Waals surface area contributed by atoms with Crippen LogP contribution in [0, 0.1) is 27.5 Å². The monoisotopic (exact) mass is 523 g/mol. The highest BCUT2D eigenvalue weighted by Crippen LogP contribution is 2.21. The first kappa shape index (κ1) is 20.9. The summed E-state index contributed by atoms with van der Waals surface area (Å²) >= 11 is 2.18. The average Bonchev–Trinajstić information content (AvgIpc) is 2.74. The number of hydrogen-bond donors (Lipinski definition) is 0. The standard InChI is InChI=1S/C24H18IN3O3/c1-15-3-11-22(16(2)13-15)27-23(12-6-17-4-8-19(9-5-17)28(30)31)26-21-10-7-18(25)14-20(21)24(27)29/h3-14H,1-2H3. The van der Waals surface area contributed by atoms with E-state index in [9.17, 15) is 14.9 Å². The Morgan fingerprint density at radius 3 is 2.42 bits per heavy atom. The van der Waals surface area contributed by atoms with Crippen LogP contribution in [0.15, 0.2) is 65.5 Å². The Kier molecular flexibility index (Phi) is 5.69. The Morgan fingerprint density at radius 1 is 1.00 bits per heavy atom. The maximum atomic E-state index is 13.5. The molecule has 0 atom stereocenters. The zero-order chi connectivity index (χ0) is 22.1. The van der Waals surface area contributed by atoms with Crippen LogP contribution in [-0.4, -0.2) is 14.5 Å². The third-order valence-electron chi connectivity index (χ3n) is 4.98. The lowest BCUT2D eigenvalue weighted by molar-refractivity contribution is -0.384. The molecule has 0 aliphatic carbocycles. The van der Waals surface area contributed by atoms with Gasteiger partial charge in [0.1, 0.15) is 5.82 Å². The third-order valence-corrected chi connectivity index (χ3v) is 5.65. The molecule has 7 heteroatoms. The molecule has 0 aliphatic heterocycles. The fourth-order valence-corrected chi connectivity index (χ4v) is 3.94. The maximum Gasteiger partial charge on any atom is 0.269 e. The Labute approximate surface area is 192 Å². The molecule has 0 fully saturated rings. The summed E-state index contributed by atoms with van der Waals surface area (Å²) in [6.45, 7) is 3.98. The average molecular weight is 523 g/mol. The number of non-ortho nitro benzene ring substituents is 1. The fraction of sp³-hybridized carbons (Fsp3) is 0.0833. The Balaban J connectivity index is 1.91. The number of nitro groups is 1. The highest BCUT2D eigenvalue weighted by Gasteiger charge is 2.13. The molecule has 0 spiro atoms. The van der Waals surface area contributed by atoms with Crippen molar-refractivity contribution >= 4 is 51.3 Å². The number of fused-ring (bicyclic) bond motifs is 1. The predicted octanol–water partition coefficient (Wildman–Crippen LogP) is 5.69. The Hall–Kier alpha value is -3.33. The van der Waals surface area contributed by atoms with Gasteiger partial charge in [0.15, 0.2) is 0 Å². The quantitative estimate of drug-likeness (QED) is 0.196. The first-order chi connectivity index (χ1) is 14.8.